The Morgan fingerprint density at radius 1 is 1.26 bits per heavy atom. The number of nitrogens with one attached hydrogen (secondary N) is 3. The van der Waals surface area contributed by atoms with Crippen molar-refractivity contribution >= 4 is 27.6 Å². The number of hydrogen-bond donors (Lipinski definition) is 4. The molecule has 0 radical (unpaired) electrons. The largest absolute Gasteiger partial charge is 0.450 e. The Hall–Kier alpha value is -2.65. The SMILES string of the molecule is OC1CCCc2nc(NC3Nc4ccccc4O3)nc(-c3[nH]ncc3Br)c21. The van der Waals surface area contributed by atoms with Crippen molar-refractivity contribution in [3.05, 3.63) is 46.2 Å². The third-order valence-electron chi connectivity index (χ3n) is 4.76. The second-order valence-corrected chi connectivity index (χ2v) is 7.39. The highest BCUT2D eigenvalue weighted by Crippen LogP contribution is 2.38. The number of aryl methyl sites for hydroxylation is 1. The van der Waals surface area contributed by atoms with Crippen molar-refractivity contribution in [2.75, 3.05) is 10.6 Å². The number of para-hydroxylation sites is 2. The number of H-pyrrole nitrogens is 1. The zero-order valence-corrected chi connectivity index (χ0v) is 15.8. The van der Waals surface area contributed by atoms with E-state index in [0.717, 1.165) is 45.7 Å². The minimum atomic E-state index is -0.585. The number of aromatic nitrogens is 4. The van der Waals surface area contributed by atoms with Gasteiger partial charge in [0.25, 0.3) is 6.35 Å². The molecular formula is C18H17BrN6O2. The van der Waals surface area contributed by atoms with Gasteiger partial charge in [-0.15, -0.1) is 0 Å². The molecule has 3 aromatic rings. The number of aliphatic hydroxyl groups excluding tert-OH is 1. The van der Waals surface area contributed by atoms with E-state index >= 15 is 0 Å². The van der Waals surface area contributed by atoms with Crippen molar-refractivity contribution in [3.8, 4) is 17.1 Å². The lowest BCUT2D eigenvalue weighted by atomic mass is 9.91. The summed E-state index contributed by atoms with van der Waals surface area (Å²) in [5.74, 6) is 1.21. The van der Waals surface area contributed by atoms with Gasteiger partial charge in [-0.1, -0.05) is 12.1 Å². The number of benzene rings is 1. The molecule has 0 saturated heterocycles. The molecule has 3 heterocycles. The Morgan fingerprint density at radius 2 is 2.15 bits per heavy atom. The zero-order valence-electron chi connectivity index (χ0n) is 14.2. The number of aromatic amines is 1. The van der Waals surface area contributed by atoms with Crippen molar-refractivity contribution in [1.29, 1.82) is 0 Å². The van der Waals surface area contributed by atoms with E-state index in [-0.39, 0.29) is 0 Å². The van der Waals surface area contributed by atoms with E-state index in [1.54, 1.807) is 6.20 Å². The quantitative estimate of drug-likeness (QED) is 0.507. The summed E-state index contributed by atoms with van der Waals surface area (Å²) in [6.07, 6.45) is 3.00. The molecule has 2 aliphatic rings. The van der Waals surface area contributed by atoms with E-state index in [1.165, 1.54) is 0 Å². The molecule has 27 heavy (non-hydrogen) atoms. The first-order valence-corrected chi connectivity index (χ1v) is 9.55. The lowest BCUT2D eigenvalue weighted by Gasteiger charge is -2.24. The van der Waals surface area contributed by atoms with Crippen molar-refractivity contribution in [2.45, 2.75) is 31.7 Å². The van der Waals surface area contributed by atoms with Crippen LogP contribution in [0.3, 0.4) is 0 Å². The maximum atomic E-state index is 10.5. The minimum Gasteiger partial charge on any atom is -0.450 e. The second-order valence-electron chi connectivity index (χ2n) is 6.54. The van der Waals surface area contributed by atoms with Gasteiger partial charge in [0.1, 0.15) is 11.4 Å². The number of halogens is 1. The maximum Gasteiger partial charge on any atom is 0.251 e. The lowest BCUT2D eigenvalue weighted by Crippen LogP contribution is -2.31. The van der Waals surface area contributed by atoms with Crippen LogP contribution in [0, 0.1) is 0 Å². The highest BCUT2D eigenvalue weighted by atomic mass is 79.9. The second kappa shape index (κ2) is 6.50. The molecule has 0 fully saturated rings. The van der Waals surface area contributed by atoms with Crippen molar-refractivity contribution < 1.29 is 9.84 Å². The van der Waals surface area contributed by atoms with Gasteiger partial charge in [0.2, 0.25) is 5.95 Å². The van der Waals surface area contributed by atoms with Crippen LogP contribution in [-0.4, -0.2) is 31.6 Å². The first-order valence-electron chi connectivity index (χ1n) is 8.76. The third kappa shape index (κ3) is 2.92. The topological polar surface area (TPSA) is 108 Å². The van der Waals surface area contributed by atoms with Gasteiger partial charge < -0.3 is 20.5 Å². The molecular weight excluding hydrogens is 412 g/mol. The molecule has 1 aliphatic heterocycles. The monoisotopic (exact) mass is 428 g/mol. The van der Waals surface area contributed by atoms with Crippen LogP contribution in [0.15, 0.2) is 34.9 Å². The zero-order chi connectivity index (χ0) is 18.4. The molecule has 0 spiro atoms. The molecule has 5 rings (SSSR count). The van der Waals surface area contributed by atoms with Gasteiger partial charge in [-0.2, -0.15) is 5.10 Å². The molecule has 2 unspecified atom stereocenters. The number of nitrogens with zero attached hydrogens (tertiary/aromatic N) is 3. The van der Waals surface area contributed by atoms with Gasteiger partial charge in [0, 0.05) is 5.56 Å². The molecule has 2 atom stereocenters. The predicted molar refractivity (Wildman–Crippen MR) is 103 cm³/mol. The molecule has 0 bridgehead atoms. The van der Waals surface area contributed by atoms with E-state index in [9.17, 15) is 5.11 Å². The lowest BCUT2D eigenvalue weighted by molar-refractivity contribution is 0.155. The van der Waals surface area contributed by atoms with Gasteiger partial charge in [0.15, 0.2) is 0 Å². The summed E-state index contributed by atoms with van der Waals surface area (Å²) in [5.41, 5.74) is 3.90. The van der Waals surface area contributed by atoms with E-state index < -0.39 is 12.5 Å². The van der Waals surface area contributed by atoms with Crippen LogP contribution in [0.25, 0.3) is 11.4 Å². The molecule has 4 N–H and O–H groups in total. The van der Waals surface area contributed by atoms with E-state index in [1.807, 2.05) is 24.3 Å². The Labute approximate surface area is 163 Å². The summed E-state index contributed by atoms with van der Waals surface area (Å²) < 4.78 is 6.64. The standard InChI is InChI=1S/C18H17BrN6O2/c19-9-8-20-25-15(9)16-14-11(5-3-6-12(14)26)21-17(23-16)24-18-22-10-4-1-2-7-13(10)27-18/h1-2,4,7-8,12,18,22,26H,3,5-6H2,(H,20,25)(H,21,23,24). The normalized spacial score (nSPS) is 20.4. The number of ether oxygens (including phenoxy) is 1. The first-order chi connectivity index (χ1) is 13.2. The number of anilines is 2. The number of rotatable bonds is 3. The third-order valence-corrected chi connectivity index (χ3v) is 5.36. The molecule has 2 aromatic heterocycles. The fraction of sp³-hybridized carbons (Fsp3) is 0.278. The van der Waals surface area contributed by atoms with Crippen LogP contribution >= 0.6 is 15.9 Å². The fourth-order valence-corrected chi connectivity index (χ4v) is 3.90. The van der Waals surface area contributed by atoms with Crippen molar-refractivity contribution in [1.82, 2.24) is 20.2 Å². The van der Waals surface area contributed by atoms with Crippen LogP contribution in [0.5, 0.6) is 5.75 Å². The molecule has 0 saturated carbocycles. The molecule has 1 aromatic carbocycles. The summed E-state index contributed by atoms with van der Waals surface area (Å²) in [5, 5.41) is 24.0. The Balaban J connectivity index is 1.52. The molecule has 0 amide bonds. The number of hydrogen-bond acceptors (Lipinski definition) is 7. The summed E-state index contributed by atoms with van der Waals surface area (Å²) in [6, 6.07) is 7.73. The predicted octanol–water partition coefficient (Wildman–Crippen LogP) is 3.20. The number of fused-ring (bicyclic) bond motifs is 2. The smallest absolute Gasteiger partial charge is 0.251 e. The average molecular weight is 429 g/mol. The minimum absolute atomic E-state index is 0.435. The summed E-state index contributed by atoms with van der Waals surface area (Å²) >= 11 is 3.49. The van der Waals surface area contributed by atoms with Crippen molar-refractivity contribution in [2.24, 2.45) is 0 Å². The maximum absolute atomic E-state index is 10.5. The van der Waals surface area contributed by atoms with Crippen LogP contribution in [0.2, 0.25) is 0 Å². The average Bonchev–Trinajstić information content (AvgIpc) is 3.26. The van der Waals surface area contributed by atoms with Gasteiger partial charge in [-0.25, -0.2) is 9.97 Å². The fourth-order valence-electron chi connectivity index (χ4n) is 3.53. The summed E-state index contributed by atoms with van der Waals surface area (Å²) in [4.78, 5) is 9.30. The first kappa shape index (κ1) is 16.5. The van der Waals surface area contributed by atoms with E-state index in [0.29, 0.717) is 18.1 Å². The molecule has 138 valence electrons. The number of aliphatic hydroxyl groups is 1. The Morgan fingerprint density at radius 3 is 2.96 bits per heavy atom. The van der Waals surface area contributed by atoms with Crippen LogP contribution in [0.1, 0.15) is 30.2 Å². The van der Waals surface area contributed by atoms with Gasteiger partial charge >= 0.3 is 0 Å². The van der Waals surface area contributed by atoms with Gasteiger partial charge in [-0.05, 0) is 47.3 Å². The summed E-state index contributed by atoms with van der Waals surface area (Å²) in [7, 11) is 0. The van der Waals surface area contributed by atoms with Crippen molar-refractivity contribution in [3.63, 3.8) is 0 Å². The summed E-state index contributed by atoms with van der Waals surface area (Å²) in [6.45, 7) is 0. The van der Waals surface area contributed by atoms with E-state index in [2.05, 4.69) is 46.7 Å². The highest BCUT2D eigenvalue weighted by molar-refractivity contribution is 9.10. The van der Waals surface area contributed by atoms with Crippen LogP contribution < -0.4 is 15.4 Å². The van der Waals surface area contributed by atoms with Crippen LogP contribution in [0.4, 0.5) is 11.6 Å². The van der Waals surface area contributed by atoms with Gasteiger partial charge in [0.05, 0.1) is 33.8 Å². The molecule has 9 heteroatoms. The Kier molecular flexibility index (Phi) is 3.98. The van der Waals surface area contributed by atoms with E-state index in [4.69, 9.17) is 4.74 Å². The Bertz CT molecular complexity index is 982. The van der Waals surface area contributed by atoms with Crippen LogP contribution in [-0.2, 0) is 6.42 Å². The highest BCUT2D eigenvalue weighted by Gasteiger charge is 2.28. The van der Waals surface area contributed by atoms with Gasteiger partial charge in [-0.3, -0.25) is 5.10 Å². The molecule has 8 nitrogen and oxygen atoms in total. The molecule has 1 aliphatic carbocycles.